The van der Waals surface area contributed by atoms with Gasteiger partial charge in [0.2, 0.25) is 5.69 Å². The molecule has 24 heavy (non-hydrogen) atoms. The molecule has 0 radical (unpaired) electrons. The van der Waals surface area contributed by atoms with Gasteiger partial charge in [0.25, 0.3) is 0 Å². The lowest BCUT2D eigenvalue weighted by atomic mass is 9.79. The summed E-state index contributed by atoms with van der Waals surface area (Å²) in [5.41, 5.74) is 0.549. The van der Waals surface area contributed by atoms with Gasteiger partial charge in [0.05, 0.1) is 31.0 Å². The highest BCUT2D eigenvalue weighted by molar-refractivity contribution is 6.62. The van der Waals surface area contributed by atoms with E-state index in [1.165, 1.54) is 0 Å². The fraction of sp³-hybridized carbons (Fsp3) is 0.611. The van der Waals surface area contributed by atoms with Crippen LogP contribution in [0, 0.1) is 6.57 Å². The third-order valence-corrected chi connectivity index (χ3v) is 5.09. The first-order chi connectivity index (χ1) is 11.3. The van der Waals surface area contributed by atoms with E-state index in [-0.39, 0.29) is 6.10 Å². The largest absolute Gasteiger partial charge is 0.501 e. The van der Waals surface area contributed by atoms with Crippen molar-refractivity contribution in [2.24, 2.45) is 0 Å². The van der Waals surface area contributed by atoms with Gasteiger partial charge in [-0.05, 0) is 39.2 Å². The van der Waals surface area contributed by atoms with E-state index >= 15 is 0 Å². The van der Waals surface area contributed by atoms with Crippen LogP contribution in [0.2, 0.25) is 0 Å². The average molecular weight is 329 g/mol. The van der Waals surface area contributed by atoms with Crippen molar-refractivity contribution in [2.45, 2.75) is 57.8 Å². The normalized spacial score (nSPS) is 23.0. The van der Waals surface area contributed by atoms with Crippen molar-refractivity contribution in [1.29, 1.82) is 0 Å². The first-order valence-corrected chi connectivity index (χ1v) is 8.44. The van der Waals surface area contributed by atoms with E-state index in [2.05, 4.69) is 4.85 Å². The summed E-state index contributed by atoms with van der Waals surface area (Å²) in [6.07, 6.45) is 1.83. The van der Waals surface area contributed by atoms with Crippen LogP contribution >= 0.6 is 0 Å². The quantitative estimate of drug-likeness (QED) is 0.631. The first-order valence-electron chi connectivity index (χ1n) is 8.44. The molecule has 2 fully saturated rings. The zero-order valence-electron chi connectivity index (χ0n) is 14.8. The summed E-state index contributed by atoms with van der Waals surface area (Å²) < 4.78 is 23.5. The van der Waals surface area contributed by atoms with Crippen LogP contribution in [0.1, 0.15) is 40.5 Å². The molecule has 1 aromatic carbocycles. The summed E-state index contributed by atoms with van der Waals surface area (Å²) in [6, 6.07) is 5.58. The molecule has 0 aliphatic carbocycles. The van der Waals surface area contributed by atoms with E-state index in [4.69, 9.17) is 25.4 Å². The second-order valence-corrected chi connectivity index (χ2v) is 7.36. The molecule has 0 atom stereocenters. The molecule has 0 spiro atoms. The molecule has 0 aromatic heterocycles. The molecular weight excluding hydrogens is 305 g/mol. The maximum absolute atomic E-state index is 7.46. The van der Waals surface area contributed by atoms with Crippen LogP contribution in [0.25, 0.3) is 4.85 Å². The maximum atomic E-state index is 7.46. The van der Waals surface area contributed by atoms with Gasteiger partial charge in [-0.3, -0.25) is 0 Å². The van der Waals surface area contributed by atoms with Gasteiger partial charge in [-0.25, -0.2) is 4.85 Å². The van der Waals surface area contributed by atoms with Crippen molar-refractivity contribution in [1.82, 2.24) is 0 Å². The fourth-order valence-electron chi connectivity index (χ4n) is 2.82. The smallest absolute Gasteiger partial charge is 0.493 e. The highest BCUT2D eigenvalue weighted by Crippen LogP contribution is 2.37. The Hall–Kier alpha value is -1.55. The molecule has 0 saturated carbocycles. The minimum absolute atomic E-state index is 0.113. The Bertz CT molecular complexity index is 631. The van der Waals surface area contributed by atoms with Gasteiger partial charge in [0.1, 0.15) is 11.9 Å². The second kappa shape index (κ2) is 6.40. The molecule has 5 nitrogen and oxygen atoms in total. The Balaban J connectivity index is 1.78. The average Bonchev–Trinajstić information content (AvgIpc) is 2.77. The number of rotatable bonds is 3. The molecule has 2 aliphatic heterocycles. The van der Waals surface area contributed by atoms with Gasteiger partial charge in [-0.2, -0.15) is 0 Å². The Labute approximate surface area is 144 Å². The van der Waals surface area contributed by atoms with Gasteiger partial charge in [-0.15, -0.1) is 0 Å². The molecule has 0 amide bonds. The minimum Gasteiger partial charge on any atom is -0.501 e. The van der Waals surface area contributed by atoms with Gasteiger partial charge in [-0.1, -0.05) is 12.1 Å². The van der Waals surface area contributed by atoms with E-state index in [1.54, 1.807) is 0 Å². The third-order valence-electron chi connectivity index (χ3n) is 5.09. The fourth-order valence-corrected chi connectivity index (χ4v) is 2.82. The van der Waals surface area contributed by atoms with Crippen LogP contribution in [0.4, 0.5) is 5.69 Å². The SMILES string of the molecule is [C-]#[N+]c1cc(B2OC(C)(C)C(C)(C)O2)ccc1OC1CCOCC1. The summed E-state index contributed by atoms with van der Waals surface area (Å²) >= 11 is 0. The van der Waals surface area contributed by atoms with Crippen LogP contribution in [-0.4, -0.2) is 37.6 Å². The molecule has 2 aliphatic rings. The molecule has 3 rings (SSSR count). The van der Waals surface area contributed by atoms with Gasteiger partial charge < -0.3 is 18.8 Å². The Morgan fingerprint density at radius 1 is 1.12 bits per heavy atom. The zero-order chi connectivity index (χ0) is 17.4. The Morgan fingerprint density at radius 2 is 1.75 bits per heavy atom. The van der Waals surface area contributed by atoms with Crippen molar-refractivity contribution in [3.05, 3.63) is 29.6 Å². The van der Waals surface area contributed by atoms with E-state index in [0.717, 1.165) is 18.3 Å². The van der Waals surface area contributed by atoms with Gasteiger partial charge >= 0.3 is 7.12 Å². The summed E-state index contributed by atoms with van der Waals surface area (Å²) in [5, 5.41) is 0. The molecule has 0 bridgehead atoms. The zero-order valence-corrected chi connectivity index (χ0v) is 14.8. The van der Waals surface area contributed by atoms with Gasteiger partial charge in [0, 0.05) is 12.8 Å². The van der Waals surface area contributed by atoms with Crippen LogP contribution in [-0.2, 0) is 14.0 Å². The van der Waals surface area contributed by atoms with E-state index in [0.29, 0.717) is 24.7 Å². The molecule has 1 aromatic rings. The number of benzene rings is 1. The molecule has 128 valence electrons. The van der Waals surface area contributed by atoms with Crippen molar-refractivity contribution in [3.63, 3.8) is 0 Å². The number of hydrogen-bond acceptors (Lipinski definition) is 4. The van der Waals surface area contributed by atoms with E-state index < -0.39 is 18.3 Å². The van der Waals surface area contributed by atoms with E-state index in [9.17, 15) is 0 Å². The predicted octanol–water partition coefficient (Wildman–Crippen LogP) is 3.09. The first kappa shape index (κ1) is 17.3. The highest BCUT2D eigenvalue weighted by Gasteiger charge is 2.51. The molecule has 0 unspecified atom stereocenters. The summed E-state index contributed by atoms with van der Waals surface area (Å²) in [7, 11) is -0.465. The van der Waals surface area contributed by atoms with E-state index in [1.807, 2.05) is 45.9 Å². The lowest BCUT2D eigenvalue weighted by molar-refractivity contribution is 0.00578. The standard InChI is InChI=1S/C18H24BNO4/c1-17(2)18(3,4)24-19(23-17)13-6-7-16(15(12-13)20-5)22-14-8-10-21-11-9-14/h6-7,12,14H,8-11H2,1-4H3. The molecule has 2 heterocycles. The molecular formula is C18H24BNO4. The summed E-state index contributed by atoms with van der Waals surface area (Å²) in [6.45, 7) is 17.0. The topological polar surface area (TPSA) is 41.3 Å². The number of nitrogens with zero attached hydrogens (tertiary/aromatic N) is 1. The highest BCUT2D eigenvalue weighted by atomic mass is 16.7. The lowest BCUT2D eigenvalue weighted by Crippen LogP contribution is -2.41. The van der Waals surface area contributed by atoms with Gasteiger partial charge in [0.15, 0.2) is 0 Å². The monoisotopic (exact) mass is 329 g/mol. The van der Waals surface area contributed by atoms with Crippen LogP contribution in [0.5, 0.6) is 5.75 Å². The molecule has 6 heteroatoms. The van der Waals surface area contributed by atoms with Crippen molar-refractivity contribution in [3.8, 4) is 5.75 Å². The molecule has 2 saturated heterocycles. The maximum Gasteiger partial charge on any atom is 0.493 e. The Morgan fingerprint density at radius 3 is 2.33 bits per heavy atom. The summed E-state index contributed by atoms with van der Waals surface area (Å²) in [5.74, 6) is 0.622. The summed E-state index contributed by atoms with van der Waals surface area (Å²) in [4.78, 5) is 3.62. The predicted molar refractivity (Wildman–Crippen MR) is 92.9 cm³/mol. The molecule has 0 N–H and O–H groups in total. The van der Waals surface area contributed by atoms with Crippen LogP contribution in [0.3, 0.4) is 0 Å². The lowest BCUT2D eigenvalue weighted by Gasteiger charge is -2.32. The van der Waals surface area contributed by atoms with Crippen molar-refractivity contribution >= 4 is 18.3 Å². The number of hydrogen-bond donors (Lipinski definition) is 0. The van der Waals surface area contributed by atoms with Crippen LogP contribution in [0.15, 0.2) is 18.2 Å². The minimum atomic E-state index is -0.465. The Kier molecular flexibility index (Phi) is 4.61. The number of ether oxygens (including phenoxy) is 2. The van der Waals surface area contributed by atoms with Crippen molar-refractivity contribution in [2.75, 3.05) is 13.2 Å². The third kappa shape index (κ3) is 3.30. The van der Waals surface area contributed by atoms with Crippen molar-refractivity contribution < 1.29 is 18.8 Å². The van der Waals surface area contributed by atoms with Crippen LogP contribution < -0.4 is 10.2 Å². The second-order valence-electron chi connectivity index (χ2n) is 7.36.